The Labute approximate surface area is 181 Å². The van der Waals surface area contributed by atoms with Crippen LogP contribution in [0.4, 0.5) is 11.5 Å². The number of ether oxygens (including phenoxy) is 1. The lowest BCUT2D eigenvalue weighted by Crippen LogP contribution is -2.36. The topological polar surface area (TPSA) is 141 Å². The molecule has 2 amide bonds. The number of hydrogen-bond donors (Lipinski definition) is 3. The van der Waals surface area contributed by atoms with Gasteiger partial charge < -0.3 is 21.1 Å². The van der Waals surface area contributed by atoms with Crippen LogP contribution in [0.15, 0.2) is 23.1 Å². The van der Waals surface area contributed by atoms with E-state index in [0.29, 0.717) is 36.6 Å². The first-order valence-electron chi connectivity index (χ1n) is 9.93. The van der Waals surface area contributed by atoms with Gasteiger partial charge in [-0.3, -0.25) is 19.0 Å². The molecule has 0 radical (unpaired) electrons. The Morgan fingerprint density at radius 3 is 2.65 bits per heavy atom. The number of rotatable bonds is 5. The number of fused-ring (bicyclic) bond motifs is 1. The summed E-state index contributed by atoms with van der Waals surface area (Å²) < 4.78 is 6.31. The minimum absolute atomic E-state index is 0.0294. The molecule has 0 saturated carbocycles. The average Bonchev–Trinajstić information content (AvgIpc) is 3.15. The lowest BCUT2D eigenvalue weighted by Gasteiger charge is -2.15. The average molecular weight is 431 g/mol. The molecule has 2 aromatic rings. The van der Waals surface area contributed by atoms with Gasteiger partial charge in [-0.05, 0) is 45.7 Å². The number of methoxy groups -OCH3 is 1. The summed E-state index contributed by atoms with van der Waals surface area (Å²) in [4.78, 5) is 43.5. The third-order valence-corrected chi connectivity index (χ3v) is 4.82. The second-order valence-corrected chi connectivity index (χ2v) is 8.10. The minimum atomic E-state index is -0.609. The van der Waals surface area contributed by atoms with Crippen LogP contribution < -0.4 is 21.9 Å². The smallest absolute Gasteiger partial charge is 0.277 e. The lowest BCUT2D eigenvalue weighted by atomic mass is 10.1. The third-order valence-electron chi connectivity index (χ3n) is 4.82. The summed E-state index contributed by atoms with van der Waals surface area (Å²) >= 11 is 0. The summed E-state index contributed by atoms with van der Waals surface area (Å²) in [6, 6.07) is 2.83. The van der Waals surface area contributed by atoms with Crippen molar-refractivity contribution in [1.82, 2.24) is 19.9 Å². The zero-order valence-corrected chi connectivity index (χ0v) is 18.6. The normalized spacial score (nSPS) is 14.8. The molecule has 0 bridgehead atoms. The SMILES string of the molecule is COC(C)(C)C.Cc1nc(NC=O)ccc1CNC(=O)C1CCc2ncc(N)c(=O)n21. The van der Waals surface area contributed by atoms with Crippen LogP contribution in [-0.2, 0) is 27.3 Å². The fourth-order valence-electron chi connectivity index (χ4n) is 2.89. The van der Waals surface area contributed by atoms with E-state index in [-0.39, 0.29) is 29.3 Å². The van der Waals surface area contributed by atoms with Gasteiger partial charge in [0.05, 0.1) is 11.8 Å². The highest BCUT2D eigenvalue weighted by Gasteiger charge is 2.30. The molecule has 4 N–H and O–H groups in total. The van der Waals surface area contributed by atoms with Crippen molar-refractivity contribution in [2.75, 3.05) is 18.2 Å². The third kappa shape index (κ3) is 6.35. The number of nitrogens with zero attached hydrogens (tertiary/aromatic N) is 3. The van der Waals surface area contributed by atoms with E-state index in [4.69, 9.17) is 10.5 Å². The molecule has 0 fully saturated rings. The van der Waals surface area contributed by atoms with E-state index < -0.39 is 6.04 Å². The van der Waals surface area contributed by atoms with Gasteiger partial charge in [0.15, 0.2) is 0 Å². The molecular weight excluding hydrogens is 400 g/mol. The van der Waals surface area contributed by atoms with Gasteiger partial charge in [-0.2, -0.15) is 0 Å². The first kappa shape index (κ1) is 24.0. The molecular formula is C21H30N6O4. The monoisotopic (exact) mass is 430 g/mol. The highest BCUT2D eigenvalue weighted by molar-refractivity contribution is 5.81. The highest BCUT2D eigenvalue weighted by Crippen LogP contribution is 2.23. The first-order chi connectivity index (χ1) is 14.6. The Balaban J connectivity index is 0.000000501. The molecule has 168 valence electrons. The number of carbonyl (C=O) groups is 2. The Bertz CT molecular complexity index is 996. The highest BCUT2D eigenvalue weighted by atomic mass is 16.5. The predicted octanol–water partition coefficient (Wildman–Crippen LogP) is 1.33. The van der Waals surface area contributed by atoms with Gasteiger partial charge in [0.2, 0.25) is 12.3 Å². The van der Waals surface area contributed by atoms with Crippen molar-refractivity contribution >= 4 is 23.8 Å². The van der Waals surface area contributed by atoms with Crippen molar-refractivity contribution in [1.29, 1.82) is 0 Å². The van der Waals surface area contributed by atoms with E-state index >= 15 is 0 Å². The van der Waals surface area contributed by atoms with Gasteiger partial charge in [-0.25, -0.2) is 9.97 Å². The van der Waals surface area contributed by atoms with Crippen molar-refractivity contribution in [3.05, 3.63) is 45.8 Å². The van der Waals surface area contributed by atoms with Crippen LogP contribution >= 0.6 is 0 Å². The summed E-state index contributed by atoms with van der Waals surface area (Å²) in [5.74, 6) is 0.754. The fraction of sp³-hybridized carbons (Fsp3) is 0.476. The Kier molecular flexibility index (Phi) is 7.87. The number of nitrogen functional groups attached to an aromatic ring is 1. The van der Waals surface area contributed by atoms with Crippen molar-refractivity contribution in [3.8, 4) is 0 Å². The van der Waals surface area contributed by atoms with E-state index in [2.05, 4.69) is 20.6 Å². The van der Waals surface area contributed by atoms with Crippen LogP contribution in [0.1, 0.15) is 50.3 Å². The molecule has 0 aromatic carbocycles. The van der Waals surface area contributed by atoms with Crippen molar-refractivity contribution in [2.45, 2.75) is 58.7 Å². The molecule has 31 heavy (non-hydrogen) atoms. The maximum absolute atomic E-state index is 12.5. The largest absolute Gasteiger partial charge is 0.393 e. The summed E-state index contributed by atoms with van der Waals surface area (Å²) in [6.45, 7) is 8.12. The summed E-state index contributed by atoms with van der Waals surface area (Å²) in [5, 5.41) is 5.30. The van der Waals surface area contributed by atoms with Crippen molar-refractivity contribution in [2.24, 2.45) is 0 Å². The molecule has 0 saturated heterocycles. The van der Waals surface area contributed by atoms with Crippen molar-refractivity contribution < 1.29 is 14.3 Å². The number of hydrogen-bond acceptors (Lipinski definition) is 7. The molecule has 1 unspecified atom stereocenters. The van der Waals surface area contributed by atoms with Crippen LogP contribution in [0.5, 0.6) is 0 Å². The molecule has 1 aliphatic rings. The molecule has 1 aliphatic heterocycles. The zero-order chi connectivity index (χ0) is 23.2. The minimum Gasteiger partial charge on any atom is -0.393 e. The first-order valence-corrected chi connectivity index (χ1v) is 9.93. The zero-order valence-electron chi connectivity index (χ0n) is 18.6. The molecule has 0 spiro atoms. The van der Waals surface area contributed by atoms with Crippen LogP contribution in [0.25, 0.3) is 0 Å². The molecule has 0 aliphatic carbocycles. The number of amides is 2. The summed E-state index contributed by atoms with van der Waals surface area (Å²) in [7, 11) is 1.71. The Morgan fingerprint density at radius 2 is 2.06 bits per heavy atom. The van der Waals surface area contributed by atoms with Crippen LogP contribution in [-0.4, -0.2) is 39.6 Å². The number of nitrogens with two attached hydrogens (primary N) is 1. The standard InChI is InChI=1S/C16H18N6O3.C5H12O/c1-9-10(2-4-13(21-9)20-8-23)6-19-15(24)12-3-5-14-18-7-11(17)16(25)22(12)14;1-5(2,3)6-4/h2,4,7-8,12H,3,5-6,17H2,1H3,(H,19,24)(H,20,21,23);1-4H3. The summed E-state index contributed by atoms with van der Waals surface area (Å²) in [6.07, 6.45) is 2.95. The predicted molar refractivity (Wildman–Crippen MR) is 118 cm³/mol. The van der Waals surface area contributed by atoms with Gasteiger partial charge in [-0.1, -0.05) is 6.07 Å². The van der Waals surface area contributed by atoms with Crippen LogP contribution in [0, 0.1) is 6.92 Å². The number of carbonyl (C=O) groups excluding carboxylic acids is 2. The van der Waals surface area contributed by atoms with Crippen molar-refractivity contribution in [3.63, 3.8) is 0 Å². The number of anilines is 2. The molecule has 10 nitrogen and oxygen atoms in total. The van der Waals surface area contributed by atoms with Crippen LogP contribution in [0.3, 0.4) is 0 Å². The van der Waals surface area contributed by atoms with Gasteiger partial charge in [0.25, 0.3) is 5.56 Å². The van der Waals surface area contributed by atoms with E-state index in [1.165, 1.54) is 10.8 Å². The number of nitrogens with one attached hydrogen (secondary N) is 2. The van der Waals surface area contributed by atoms with Gasteiger partial charge in [-0.15, -0.1) is 0 Å². The van der Waals surface area contributed by atoms with E-state index in [0.717, 1.165) is 5.56 Å². The quantitative estimate of drug-likeness (QED) is 0.608. The summed E-state index contributed by atoms with van der Waals surface area (Å²) in [5.41, 5.74) is 6.82. The van der Waals surface area contributed by atoms with E-state index in [1.807, 2.05) is 20.8 Å². The maximum atomic E-state index is 12.5. The van der Waals surface area contributed by atoms with E-state index in [9.17, 15) is 14.4 Å². The molecule has 10 heteroatoms. The molecule has 2 aromatic heterocycles. The molecule has 3 rings (SSSR count). The van der Waals surface area contributed by atoms with Gasteiger partial charge in [0.1, 0.15) is 23.4 Å². The molecule has 1 atom stereocenters. The van der Waals surface area contributed by atoms with Gasteiger partial charge in [0, 0.05) is 25.8 Å². The number of pyridine rings is 1. The Hall–Kier alpha value is -3.27. The van der Waals surface area contributed by atoms with Crippen LogP contribution in [0.2, 0.25) is 0 Å². The lowest BCUT2D eigenvalue weighted by molar-refractivity contribution is -0.124. The number of aryl methyl sites for hydroxylation is 2. The fourth-order valence-corrected chi connectivity index (χ4v) is 2.89. The second kappa shape index (κ2) is 10.2. The second-order valence-electron chi connectivity index (χ2n) is 8.10. The van der Waals surface area contributed by atoms with E-state index in [1.54, 1.807) is 26.2 Å². The maximum Gasteiger partial charge on any atom is 0.277 e. The number of aromatic nitrogens is 3. The Morgan fingerprint density at radius 1 is 1.39 bits per heavy atom. The van der Waals surface area contributed by atoms with Gasteiger partial charge >= 0.3 is 0 Å². The molecule has 3 heterocycles.